The molecule has 14 heavy (non-hydrogen) atoms. The van der Waals surface area contributed by atoms with Gasteiger partial charge in [0.25, 0.3) is 0 Å². The fraction of sp³-hybridized carbons (Fsp3) is 0.333. The molecule has 0 radical (unpaired) electrons. The van der Waals surface area contributed by atoms with Gasteiger partial charge in [-0.15, -0.1) is 0 Å². The van der Waals surface area contributed by atoms with E-state index in [1.165, 1.54) is 0 Å². The highest BCUT2D eigenvalue weighted by atomic mass is 35.5. The van der Waals surface area contributed by atoms with Crippen LogP contribution in [0.15, 0.2) is 18.2 Å². The first-order valence-electron chi connectivity index (χ1n) is 4.02. The molecule has 1 rings (SSSR count). The van der Waals surface area contributed by atoms with Crippen LogP contribution in [0.3, 0.4) is 0 Å². The highest BCUT2D eigenvalue weighted by Gasteiger charge is 2.18. The van der Waals surface area contributed by atoms with E-state index in [2.05, 4.69) is 0 Å². The molecule has 0 saturated carbocycles. The molecule has 0 aliphatic carbocycles. The van der Waals surface area contributed by atoms with Crippen LogP contribution >= 0.6 is 31.0 Å². The lowest BCUT2D eigenvalue weighted by Gasteiger charge is -2.06. The molecule has 76 valence electrons. The second-order valence-corrected chi connectivity index (χ2v) is 5.44. The Bertz CT molecular complexity index is 355. The lowest BCUT2D eigenvalue weighted by Crippen LogP contribution is -1.99. The fourth-order valence-electron chi connectivity index (χ4n) is 1.07. The molecule has 1 aromatic carbocycles. The Balaban J connectivity index is 2.85. The number of aliphatic hydroxyl groups is 1. The Hall–Kier alpha value is -0.140. The van der Waals surface area contributed by atoms with E-state index in [0.29, 0.717) is 15.6 Å². The van der Waals surface area contributed by atoms with Crippen LogP contribution in [0.4, 0.5) is 0 Å². The number of benzene rings is 1. The average molecular weight is 252 g/mol. The lowest BCUT2D eigenvalue weighted by molar-refractivity contribution is 0.202. The van der Waals surface area contributed by atoms with Gasteiger partial charge in [-0.05, 0) is 17.7 Å². The van der Waals surface area contributed by atoms with Gasteiger partial charge < -0.3 is 5.11 Å². The van der Waals surface area contributed by atoms with E-state index in [1.807, 2.05) is 0 Å². The number of aliphatic hydroxyl groups excluding tert-OH is 1. The van der Waals surface area contributed by atoms with Crippen molar-refractivity contribution in [2.24, 2.45) is 0 Å². The Labute approximate surface area is 93.6 Å². The van der Waals surface area contributed by atoms with Crippen LogP contribution in [0.2, 0.25) is 10.0 Å². The molecule has 0 aliphatic rings. The summed E-state index contributed by atoms with van der Waals surface area (Å²) in [4.78, 5) is 0. The molecule has 0 bridgehead atoms. The molecule has 0 aromatic heterocycles. The van der Waals surface area contributed by atoms with Crippen LogP contribution in [0.25, 0.3) is 0 Å². The van der Waals surface area contributed by atoms with Gasteiger partial charge in [-0.1, -0.05) is 33.8 Å². The number of rotatable bonds is 3. The topological polar surface area (TPSA) is 37.3 Å². The van der Waals surface area contributed by atoms with Crippen molar-refractivity contribution >= 4 is 31.0 Å². The third-order valence-electron chi connectivity index (χ3n) is 1.76. The van der Waals surface area contributed by atoms with Gasteiger partial charge in [-0.2, -0.15) is 0 Å². The van der Waals surface area contributed by atoms with Crippen molar-refractivity contribution in [1.29, 1.82) is 0 Å². The number of hydrogen-bond acceptors (Lipinski definition) is 2. The summed E-state index contributed by atoms with van der Waals surface area (Å²) in [6, 6.07) is 4.89. The summed E-state index contributed by atoms with van der Waals surface area (Å²) in [5.74, 6) is 0. The quantitative estimate of drug-likeness (QED) is 0.836. The monoisotopic (exact) mass is 251 g/mol. The molecule has 2 nitrogen and oxygen atoms in total. The Morgan fingerprint density at radius 3 is 2.57 bits per heavy atom. The van der Waals surface area contributed by atoms with Gasteiger partial charge >= 0.3 is 7.80 Å². The number of halogens is 2. The molecule has 0 amide bonds. The molecule has 2 atom stereocenters. The zero-order valence-electron chi connectivity index (χ0n) is 7.58. The van der Waals surface area contributed by atoms with Gasteiger partial charge in [-0.3, -0.25) is 0 Å². The maximum Gasteiger partial charge on any atom is 0.338 e. The minimum absolute atomic E-state index is 0.243. The normalized spacial score (nSPS) is 13.9. The SMILES string of the molecule is C[P+](=O)CC(O)c1ccc(Cl)c(Cl)c1. The molecule has 0 spiro atoms. The summed E-state index contributed by atoms with van der Waals surface area (Å²) in [7, 11) is -1.36. The zero-order chi connectivity index (χ0) is 10.7. The van der Waals surface area contributed by atoms with Gasteiger partial charge in [0.2, 0.25) is 0 Å². The molecule has 1 aromatic rings. The minimum atomic E-state index is -1.36. The maximum absolute atomic E-state index is 10.9. The van der Waals surface area contributed by atoms with Gasteiger partial charge in [0, 0.05) is 0 Å². The van der Waals surface area contributed by atoms with E-state index in [0.717, 1.165) is 0 Å². The highest BCUT2D eigenvalue weighted by Crippen LogP contribution is 2.29. The van der Waals surface area contributed by atoms with E-state index in [-0.39, 0.29) is 6.16 Å². The highest BCUT2D eigenvalue weighted by molar-refractivity contribution is 7.43. The molecule has 0 fully saturated rings. The van der Waals surface area contributed by atoms with Crippen molar-refractivity contribution in [3.63, 3.8) is 0 Å². The van der Waals surface area contributed by atoms with E-state index >= 15 is 0 Å². The van der Waals surface area contributed by atoms with Crippen molar-refractivity contribution in [2.45, 2.75) is 6.10 Å². The van der Waals surface area contributed by atoms with Gasteiger partial charge in [0.15, 0.2) is 6.16 Å². The van der Waals surface area contributed by atoms with Crippen molar-refractivity contribution in [2.75, 3.05) is 12.8 Å². The summed E-state index contributed by atoms with van der Waals surface area (Å²) in [5.41, 5.74) is 0.643. The second kappa shape index (κ2) is 5.09. The first-order chi connectivity index (χ1) is 6.50. The first-order valence-corrected chi connectivity index (χ1v) is 6.67. The number of hydrogen-bond donors (Lipinski definition) is 1. The van der Waals surface area contributed by atoms with E-state index in [4.69, 9.17) is 23.2 Å². The molecule has 0 saturated heterocycles. The molecule has 0 heterocycles. The van der Waals surface area contributed by atoms with Crippen molar-refractivity contribution < 1.29 is 9.67 Å². The van der Waals surface area contributed by atoms with Gasteiger partial charge in [-0.25, -0.2) is 0 Å². The lowest BCUT2D eigenvalue weighted by atomic mass is 10.1. The summed E-state index contributed by atoms with van der Waals surface area (Å²) in [5, 5.41) is 10.5. The summed E-state index contributed by atoms with van der Waals surface area (Å²) in [6.45, 7) is 1.58. The molecular weight excluding hydrogens is 242 g/mol. The predicted molar refractivity (Wildman–Crippen MR) is 59.8 cm³/mol. The Kier molecular flexibility index (Phi) is 4.33. The smallest absolute Gasteiger partial charge is 0.338 e. The van der Waals surface area contributed by atoms with Crippen molar-refractivity contribution in [3.8, 4) is 0 Å². The molecule has 5 heteroatoms. The molecular formula is C9H10Cl2O2P+. The summed E-state index contributed by atoms with van der Waals surface area (Å²) < 4.78 is 10.9. The summed E-state index contributed by atoms with van der Waals surface area (Å²) in [6.07, 6.45) is -0.494. The Morgan fingerprint density at radius 2 is 2.07 bits per heavy atom. The first kappa shape index (κ1) is 11.9. The van der Waals surface area contributed by atoms with Gasteiger partial charge in [0.1, 0.15) is 12.8 Å². The van der Waals surface area contributed by atoms with E-state index in [9.17, 15) is 9.67 Å². The van der Waals surface area contributed by atoms with Crippen LogP contribution in [0, 0.1) is 0 Å². The minimum Gasteiger partial charge on any atom is -0.384 e. The predicted octanol–water partition coefficient (Wildman–Crippen LogP) is 3.48. The summed E-state index contributed by atoms with van der Waals surface area (Å²) >= 11 is 11.5. The van der Waals surface area contributed by atoms with E-state index in [1.54, 1.807) is 24.9 Å². The maximum atomic E-state index is 10.9. The van der Waals surface area contributed by atoms with E-state index < -0.39 is 13.9 Å². The standard InChI is InChI=1S/C9H10Cl2O2P/c1-14(13)5-9(12)6-2-3-7(10)8(11)4-6/h2-4,9,12H,5H2,1H3/q+1. The zero-order valence-corrected chi connectivity index (χ0v) is 9.98. The van der Waals surface area contributed by atoms with Crippen LogP contribution in [-0.4, -0.2) is 17.9 Å². The largest absolute Gasteiger partial charge is 0.384 e. The average Bonchev–Trinajstić information content (AvgIpc) is 2.08. The van der Waals surface area contributed by atoms with Gasteiger partial charge in [0.05, 0.1) is 10.0 Å². The Morgan fingerprint density at radius 1 is 1.43 bits per heavy atom. The van der Waals surface area contributed by atoms with Crippen LogP contribution < -0.4 is 0 Å². The fourth-order valence-corrected chi connectivity index (χ4v) is 2.07. The third-order valence-corrected chi connectivity index (χ3v) is 3.36. The molecule has 1 N–H and O–H groups in total. The van der Waals surface area contributed by atoms with Crippen molar-refractivity contribution in [1.82, 2.24) is 0 Å². The third kappa shape index (κ3) is 3.21. The molecule has 0 aliphatic heterocycles. The second-order valence-electron chi connectivity index (χ2n) is 3.00. The van der Waals surface area contributed by atoms with Crippen LogP contribution in [0.1, 0.15) is 11.7 Å². The van der Waals surface area contributed by atoms with Crippen LogP contribution in [0.5, 0.6) is 0 Å². The van der Waals surface area contributed by atoms with Crippen LogP contribution in [-0.2, 0) is 4.57 Å². The van der Waals surface area contributed by atoms with Crippen molar-refractivity contribution in [3.05, 3.63) is 33.8 Å². The molecule has 2 unspecified atom stereocenters.